The van der Waals surface area contributed by atoms with Crippen molar-refractivity contribution in [2.75, 3.05) is 28.4 Å². The summed E-state index contributed by atoms with van der Waals surface area (Å²) in [7, 11) is 6.68. The second-order valence-electron chi connectivity index (χ2n) is 7.34. The minimum atomic E-state index is 0. The van der Waals surface area contributed by atoms with Crippen molar-refractivity contribution < 1.29 is 56.5 Å². The smallest absolute Gasteiger partial charge is 0.161 e. The SMILES string of the molecule is CCC[C-]=O.CCCc1cc(OC)c(OC)cc1C(C)Cc1ccc(OC)c(OC)c1.[Y]. The summed E-state index contributed by atoms with van der Waals surface area (Å²) in [5.74, 6) is 3.42. The molecule has 32 heavy (non-hydrogen) atoms. The van der Waals surface area contributed by atoms with Crippen molar-refractivity contribution in [2.24, 2.45) is 0 Å². The fourth-order valence-electron chi connectivity index (χ4n) is 3.45. The molecule has 0 heterocycles. The summed E-state index contributed by atoms with van der Waals surface area (Å²) < 4.78 is 21.8. The van der Waals surface area contributed by atoms with Crippen LogP contribution in [0.4, 0.5) is 0 Å². The van der Waals surface area contributed by atoms with Gasteiger partial charge in [0.25, 0.3) is 0 Å². The number of benzene rings is 2. The summed E-state index contributed by atoms with van der Waals surface area (Å²) in [4.78, 5) is 9.28. The van der Waals surface area contributed by atoms with Crippen LogP contribution in [0.3, 0.4) is 0 Å². The molecule has 2 rings (SSSR count). The van der Waals surface area contributed by atoms with E-state index in [1.807, 2.05) is 13.0 Å². The minimum absolute atomic E-state index is 0. The van der Waals surface area contributed by atoms with E-state index in [1.54, 1.807) is 34.7 Å². The van der Waals surface area contributed by atoms with Crippen LogP contribution < -0.4 is 18.9 Å². The van der Waals surface area contributed by atoms with Gasteiger partial charge in [0.15, 0.2) is 23.0 Å². The van der Waals surface area contributed by atoms with E-state index in [9.17, 15) is 4.79 Å². The van der Waals surface area contributed by atoms with Gasteiger partial charge in [-0.2, -0.15) is 6.42 Å². The van der Waals surface area contributed by atoms with E-state index < -0.39 is 0 Å². The summed E-state index contributed by atoms with van der Waals surface area (Å²) in [6.07, 6.45) is 6.29. The van der Waals surface area contributed by atoms with E-state index in [0.717, 1.165) is 48.7 Å². The van der Waals surface area contributed by atoms with Crippen LogP contribution in [0.2, 0.25) is 0 Å². The van der Waals surface area contributed by atoms with Gasteiger partial charge in [-0.3, -0.25) is 6.29 Å². The molecular formula is C26H37O5Y-. The van der Waals surface area contributed by atoms with Gasteiger partial charge in [0.1, 0.15) is 0 Å². The van der Waals surface area contributed by atoms with Crippen LogP contribution in [0.15, 0.2) is 30.3 Å². The van der Waals surface area contributed by atoms with E-state index in [1.165, 1.54) is 16.7 Å². The molecule has 0 aliphatic carbocycles. The van der Waals surface area contributed by atoms with Crippen molar-refractivity contribution in [3.8, 4) is 23.0 Å². The molecule has 1 unspecified atom stereocenters. The quantitative estimate of drug-likeness (QED) is 0.346. The van der Waals surface area contributed by atoms with E-state index >= 15 is 0 Å². The number of carbonyl (C=O) groups excluding carboxylic acids is 1. The van der Waals surface area contributed by atoms with Crippen molar-refractivity contribution in [2.45, 2.75) is 58.8 Å². The van der Waals surface area contributed by atoms with Crippen LogP contribution in [0, 0.1) is 0 Å². The molecule has 5 nitrogen and oxygen atoms in total. The van der Waals surface area contributed by atoms with E-state index in [2.05, 4.69) is 38.1 Å². The van der Waals surface area contributed by atoms with Gasteiger partial charge in [-0.25, -0.2) is 0 Å². The molecule has 0 amide bonds. The molecule has 0 spiro atoms. The second kappa shape index (κ2) is 17.0. The maximum Gasteiger partial charge on any atom is 0.161 e. The number of hydrogen-bond donors (Lipinski definition) is 0. The van der Waals surface area contributed by atoms with Crippen LogP contribution in [0.5, 0.6) is 23.0 Å². The maximum absolute atomic E-state index is 9.28. The molecule has 0 bridgehead atoms. The van der Waals surface area contributed by atoms with Crippen LogP contribution in [0.25, 0.3) is 0 Å². The number of unbranched alkanes of at least 4 members (excludes halogenated alkanes) is 1. The molecular weight excluding hydrogens is 481 g/mol. The van der Waals surface area contributed by atoms with E-state index in [0.29, 0.717) is 12.3 Å². The summed E-state index contributed by atoms with van der Waals surface area (Å²) in [6, 6.07) is 10.3. The average molecular weight is 518 g/mol. The van der Waals surface area contributed by atoms with Gasteiger partial charge in [0, 0.05) is 32.7 Å². The summed E-state index contributed by atoms with van der Waals surface area (Å²) in [5, 5.41) is 0. The molecule has 0 fully saturated rings. The number of hydrogen-bond acceptors (Lipinski definition) is 5. The Labute approximate surface area is 219 Å². The number of rotatable bonds is 11. The Hall–Kier alpha value is -1.59. The average Bonchev–Trinajstić information content (AvgIpc) is 2.79. The molecule has 1 atom stereocenters. The summed E-state index contributed by atoms with van der Waals surface area (Å²) >= 11 is 0. The number of aryl methyl sites for hydroxylation is 1. The standard InChI is InChI=1S/C22H30O4.C4H7O.Y/c1-7-8-17-13-21(25-5)22(26-6)14-18(17)15(2)11-16-9-10-19(23-3)20(12-16)24-4;1-2-3-4-5;/h9-10,12-15H,7-8,11H2,1-6H3;2-3H2,1H3;/q;-1;. The van der Waals surface area contributed by atoms with Crippen LogP contribution in [-0.2, 0) is 50.3 Å². The summed E-state index contributed by atoms with van der Waals surface area (Å²) in [5.41, 5.74) is 3.84. The van der Waals surface area contributed by atoms with Gasteiger partial charge in [0.05, 0.1) is 28.4 Å². The van der Waals surface area contributed by atoms with Crippen LogP contribution in [0.1, 0.15) is 62.6 Å². The molecule has 2 aromatic carbocycles. The summed E-state index contributed by atoms with van der Waals surface area (Å²) in [6.45, 7) is 6.39. The van der Waals surface area contributed by atoms with E-state index in [-0.39, 0.29) is 32.7 Å². The Balaban J connectivity index is 0.00000144. The first-order valence-corrected chi connectivity index (χ1v) is 10.8. The zero-order chi connectivity index (χ0) is 23.2. The minimum Gasteiger partial charge on any atom is -0.542 e. The molecule has 0 aliphatic heterocycles. The molecule has 2 aromatic rings. The van der Waals surface area contributed by atoms with Gasteiger partial charge in [-0.1, -0.05) is 39.7 Å². The molecule has 0 aliphatic rings. The molecule has 0 N–H and O–H groups in total. The zero-order valence-electron chi connectivity index (χ0n) is 20.6. The molecule has 175 valence electrons. The largest absolute Gasteiger partial charge is 0.542 e. The van der Waals surface area contributed by atoms with Gasteiger partial charge in [0.2, 0.25) is 0 Å². The van der Waals surface area contributed by atoms with Crippen molar-refractivity contribution in [1.29, 1.82) is 0 Å². The molecule has 0 saturated heterocycles. The Bertz CT molecular complexity index is 807. The van der Waals surface area contributed by atoms with Crippen molar-refractivity contribution >= 4 is 6.29 Å². The number of methoxy groups -OCH3 is 4. The predicted molar refractivity (Wildman–Crippen MR) is 126 cm³/mol. The van der Waals surface area contributed by atoms with Crippen LogP contribution >= 0.6 is 0 Å². The van der Waals surface area contributed by atoms with Gasteiger partial charge in [-0.15, -0.1) is 0 Å². The Morgan fingerprint density at radius 3 is 1.84 bits per heavy atom. The van der Waals surface area contributed by atoms with Crippen LogP contribution in [-0.4, -0.2) is 34.7 Å². The molecule has 0 saturated carbocycles. The van der Waals surface area contributed by atoms with Gasteiger partial charge < -0.3 is 23.7 Å². The molecule has 6 heteroatoms. The normalized spacial score (nSPS) is 10.7. The fourth-order valence-corrected chi connectivity index (χ4v) is 3.45. The zero-order valence-corrected chi connectivity index (χ0v) is 23.5. The maximum atomic E-state index is 9.28. The first-order valence-electron chi connectivity index (χ1n) is 10.8. The van der Waals surface area contributed by atoms with Crippen molar-refractivity contribution in [1.82, 2.24) is 0 Å². The number of ether oxygens (including phenoxy) is 4. The Morgan fingerprint density at radius 2 is 1.38 bits per heavy atom. The predicted octanol–water partition coefficient (Wildman–Crippen LogP) is 5.91. The van der Waals surface area contributed by atoms with Gasteiger partial charge >= 0.3 is 0 Å². The first-order chi connectivity index (χ1) is 15.0. The first kappa shape index (κ1) is 30.4. The third-order valence-electron chi connectivity index (χ3n) is 5.04. The van der Waals surface area contributed by atoms with Gasteiger partial charge in [-0.05, 0) is 59.7 Å². The van der Waals surface area contributed by atoms with Crippen molar-refractivity contribution in [3.05, 3.63) is 47.0 Å². The molecule has 1 radical (unpaired) electrons. The Morgan fingerprint density at radius 1 is 0.812 bits per heavy atom. The monoisotopic (exact) mass is 518 g/mol. The third kappa shape index (κ3) is 9.11. The van der Waals surface area contributed by atoms with E-state index in [4.69, 9.17) is 18.9 Å². The fraction of sp³-hybridized carbons (Fsp3) is 0.500. The molecule has 0 aromatic heterocycles. The second-order valence-corrected chi connectivity index (χ2v) is 7.34. The van der Waals surface area contributed by atoms with Crippen molar-refractivity contribution in [3.63, 3.8) is 0 Å². The topological polar surface area (TPSA) is 54.0 Å². The third-order valence-corrected chi connectivity index (χ3v) is 5.04. The Kier molecular flexibility index (Phi) is 16.1.